The third-order valence-corrected chi connectivity index (χ3v) is 3.63. The molecule has 0 saturated carbocycles. The minimum Gasteiger partial charge on any atom is -0.497 e. The van der Waals surface area contributed by atoms with Gasteiger partial charge in [-0.05, 0) is 31.2 Å². The molecule has 0 aliphatic rings. The number of aromatic nitrogens is 1. The lowest BCUT2D eigenvalue weighted by Crippen LogP contribution is -2.12. The largest absolute Gasteiger partial charge is 0.497 e. The first-order valence-electron chi connectivity index (χ1n) is 6.86. The van der Waals surface area contributed by atoms with E-state index in [4.69, 9.17) is 15.2 Å². The van der Waals surface area contributed by atoms with Crippen LogP contribution in [0.4, 0.5) is 0 Å². The molecule has 0 aliphatic heterocycles. The Kier molecular flexibility index (Phi) is 4.56. The Balaban J connectivity index is 2.72. The topological polar surface area (TPSA) is 66.5 Å². The highest BCUT2D eigenvalue weighted by molar-refractivity contribution is 5.96. The predicted molar refractivity (Wildman–Crippen MR) is 86.4 cm³/mol. The summed E-state index contributed by atoms with van der Waals surface area (Å²) in [7, 11) is 3.21. The van der Waals surface area contributed by atoms with Crippen LogP contribution < -0.4 is 15.2 Å². The summed E-state index contributed by atoms with van der Waals surface area (Å²) in [5.41, 5.74) is 8.42. The summed E-state index contributed by atoms with van der Waals surface area (Å²) in [5.74, 6) is 0.948. The van der Waals surface area contributed by atoms with Crippen molar-refractivity contribution in [2.75, 3.05) is 14.2 Å². The predicted octanol–water partition coefficient (Wildman–Crippen LogP) is 2.77. The third kappa shape index (κ3) is 2.70. The molecule has 0 fully saturated rings. The summed E-state index contributed by atoms with van der Waals surface area (Å²) in [6, 6.07) is 7.31. The van der Waals surface area contributed by atoms with Gasteiger partial charge in [0.2, 0.25) is 0 Å². The molecular weight excluding hydrogens is 280 g/mol. The molecule has 0 atom stereocenters. The van der Waals surface area contributed by atoms with Gasteiger partial charge < -0.3 is 19.8 Å². The van der Waals surface area contributed by atoms with E-state index in [-0.39, 0.29) is 0 Å². The highest BCUT2D eigenvalue weighted by Gasteiger charge is 2.19. The number of methoxy groups -OCH3 is 2. The zero-order chi connectivity index (χ0) is 16.3. The van der Waals surface area contributed by atoms with Crippen molar-refractivity contribution in [2.24, 2.45) is 5.73 Å². The molecule has 5 nitrogen and oxygen atoms in total. The van der Waals surface area contributed by atoms with Crippen LogP contribution in [0, 0.1) is 6.92 Å². The molecule has 0 bridgehead atoms. The molecule has 1 amide bonds. The number of allylic oxidation sites excluding steroid dienone is 1. The molecule has 116 valence electrons. The quantitative estimate of drug-likeness (QED) is 0.834. The smallest absolute Gasteiger partial charge is 0.250 e. The van der Waals surface area contributed by atoms with Gasteiger partial charge in [0, 0.05) is 17.8 Å². The van der Waals surface area contributed by atoms with Crippen LogP contribution in [0.15, 0.2) is 36.9 Å². The van der Waals surface area contributed by atoms with E-state index in [9.17, 15) is 4.79 Å². The second-order valence-electron chi connectivity index (χ2n) is 4.86. The Morgan fingerprint density at radius 3 is 2.59 bits per heavy atom. The molecule has 1 aromatic carbocycles. The average molecular weight is 300 g/mol. The van der Waals surface area contributed by atoms with Crippen molar-refractivity contribution in [3.05, 3.63) is 48.2 Å². The van der Waals surface area contributed by atoms with E-state index in [0.717, 1.165) is 17.0 Å². The van der Waals surface area contributed by atoms with Crippen LogP contribution in [0.5, 0.6) is 11.5 Å². The van der Waals surface area contributed by atoms with Gasteiger partial charge in [0.05, 0.1) is 25.5 Å². The fourth-order valence-electron chi connectivity index (χ4n) is 2.50. The number of rotatable bonds is 6. The van der Waals surface area contributed by atoms with E-state index in [2.05, 4.69) is 6.58 Å². The molecule has 2 rings (SSSR count). The van der Waals surface area contributed by atoms with E-state index in [1.165, 1.54) is 0 Å². The van der Waals surface area contributed by atoms with Crippen molar-refractivity contribution in [3.63, 3.8) is 0 Å². The summed E-state index contributed by atoms with van der Waals surface area (Å²) < 4.78 is 12.7. The molecule has 5 heteroatoms. The van der Waals surface area contributed by atoms with Crippen molar-refractivity contribution in [2.45, 2.75) is 13.5 Å². The number of benzene rings is 1. The summed E-state index contributed by atoms with van der Waals surface area (Å²) in [6.45, 7) is 6.19. The number of hydrogen-bond acceptors (Lipinski definition) is 3. The van der Waals surface area contributed by atoms with Crippen molar-refractivity contribution in [3.8, 4) is 22.8 Å². The zero-order valence-corrected chi connectivity index (χ0v) is 13.1. The van der Waals surface area contributed by atoms with Crippen LogP contribution in [-0.4, -0.2) is 24.7 Å². The molecule has 2 aromatic rings. The van der Waals surface area contributed by atoms with Crippen LogP contribution in [0.1, 0.15) is 16.1 Å². The van der Waals surface area contributed by atoms with Gasteiger partial charge >= 0.3 is 0 Å². The third-order valence-electron chi connectivity index (χ3n) is 3.63. The normalized spacial score (nSPS) is 10.3. The Labute approximate surface area is 130 Å². The molecule has 0 unspecified atom stereocenters. The Morgan fingerprint density at radius 2 is 2.05 bits per heavy atom. The lowest BCUT2D eigenvalue weighted by atomic mass is 10.1. The molecule has 0 spiro atoms. The number of ether oxygens (including phenoxy) is 2. The van der Waals surface area contributed by atoms with Crippen molar-refractivity contribution in [1.29, 1.82) is 0 Å². The van der Waals surface area contributed by atoms with Gasteiger partial charge in [-0.2, -0.15) is 0 Å². The monoisotopic (exact) mass is 300 g/mol. The van der Waals surface area contributed by atoms with E-state index < -0.39 is 5.91 Å². The van der Waals surface area contributed by atoms with E-state index in [0.29, 0.717) is 23.6 Å². The number of primary amides is 1. The Bertz CT molecular complexity index is 717. The van der Waals surface area contributed by atoms with Gasteiger partial charge in [-0.1, -0.05) is 6.08 Å². The first-order valence-corrected chi connectivity index (χ1v) is 6.86. The number of nitrogens with zero attached hydrogens (tertiary/aromatic N) is 1. The van der Waals surface area contributed by atoms with E-state index in [1.807, 2.05) is 29.7 Å². The number of amides is 1. The standard InChI is InChI=1S/C17H20N2O3/c1-5-8-19-11(2)13(17(18)20)10-15(19)14-9-12(21-3)6-7-16(14)22-4/h5-7,9-10H,1,8H2,2-4H3,(H2,18,20). The van der Waals surface area contributed by atoms with Gasteiger partial charge in [-0.15, -0.1) is 6.58 Å². The molecule has 0 aliphatic carbocycles. The fraction of sp³-hybridized carbons (Fsp3) is 0.235. The molecule has 1 heterocycles. The van der Waals surface area contributed by atoms with Gasteiger partial charge in [-0.25, -0.2) is 0 Å². The maximum Gasteiger partial charge on any atom is 0.250 e. The van der Waals surface area contributed by atoms with Gasteiger partial charge in [-0.3, -0.25) is 4.79 Å². The second-order valence-corrected chi connectivity index (χ2v) is 4.86. The summed E-state index contributed by atoms with van der Waals surface area (Å²) in [5, 5.41) is 0. The minimum atomic E-state index is -0.455. The summed E-state index contributed by atoms with van der Waals surface area (Å²) in [4.78, 5) is 11.6. The molecular formula is C17H20N2O3. The SMILES string of the molecule is C=CCn1c(-c2cc(OC)ccc2OC)cc(C(N)=O)c1C. The van der Waals surface area contributed by atoms with Crippen LogP contribution in [-0.2, 0) is 6.54 Å². The van der Waals surface area contributed by atoms with E-state index >= 15 is 0 Å². The molecule has 0 radical (unpaired) electrons. The zero-order valence-electron chi connectivity index (χ0n) is 13.1. The highest BCUT2D eigenvalue weighted by Crippen LogP contribution is 2.35. The summed E-state index contributed by atoms with van der Waals surface area (Å²) in [6.07, 6.45) is 1.77. The van der Waals surface area contributed by atoms with Crippen molar-refractivity contribution in [1.82, 2.24) is 4.57 Å². The fourth-order valence-corrected chi connectivity index (χ4v) is 2.50. The molecule has 1 aromatic heterocycles. The van der Waals surface area contributed by atoms with Gasteiger partial charge in [0.25, 0.3) is 5.91 Å². The summed E-state index contributed by atoms with van der Waals surface area (Å²) >= 11 is 0. The average Bonchev–Trinajstić information content (AvgIpc) is 2.84. The van der Waals surface area contributed by atoms with Gasteiger partial charge in [0.1, 0.15) is 11.5 Å². The van der Waals surface area contributed by atoms with Crippen LogP contribution in [0.3, 0.4) is 0 Å². The maximum atomic E-state index is 11.6. The molecule has 0 saturated heterocycles. The van der Waals surface area contributed by atoms with Crippen LogP contribution in [0.25, 0.3) is 11.3 Å². The van der Waals surface area contributed by atoms with Crippen molar-refractivity contribution >= 4 is 5.91 Å². The highest BCUT2D eigenvalue weighted by atomic mass is 16.5. The Morgan fingerprint density at radius 1 is 1.32 bits per heavy atom. The number of carbonyl (C=O) groups is 1. The number of nitrogens with two attached hydrogens (primary N) is 1. The lowest BCUT2D eigenvalue weighted by molar-refractivity contribution is 0.0999. The van der Waals surface area contributed by atoms with E-state index in [1.54, 1.807) is 26.4 Å². The first kappa shape index (κ1) is 15.7. The number of carbonyl (C=O) groups excluding carboxylic acids is 1. The second kappa shape index (κ2) is 6.39. The number of hydrogen-bond donors (Lipinski definition) is 1. The van der Waals surface area contributed by atoms with Crippen LogP contribution in [0.2, 0.25) is 0 Å². The van der Waals surface area contributed by atoms with Gasteiger partial charge in [0.15, 0.2) is 0 Å². The first-order chi connectivity index (χ1) is 10.5. The molecule has 22 heavy (non-hydrogen) atoms. The minimum absolute atomic E-state index is 0.455. The Hall–Kier alpha value is -2.69. The lowest BCUT2D eigenvalue weighted by Gasteiger charge is -2.14. The maximum absolute atomic E-state index is 11.6. The van der Waals surface area contributed by atoms with Crippen LogP contribution >= 0.6 is 0 Å². The molecule has 2 N–H and O–H groups in total. The van der Waals surface area contributed by atoms with Crippen molar-refractivity contribution < 1.29 is 14.3 Å².